The summed E-state index contributed by atoms with van der Waals surface area (Å²) in [6.07, 6.45) is -0.525. The van der Waals surface area contributed by atoms with E-state index < -0.39 is 6.10 Å². The van der Waals surface area contributed by atoms with Crippen LogP contribution in [0.15, 0.2) is 28.7 Å². The summed E-state index contributed by atoms with van der Waals surface area (Å²) in [7, 11) is 0. The van der Waals surface area contributed by atoms with Gasteiger partial charge >= 0.3 is 0 Å². The van der Waals surface area contributed by atoms with Crippen LogP contribution in [0.4, 0.5) is 0 Å². The maximum absolute atomic E-state index is 10.2. The summed E-state index contributed by atoms with van der Waals surface area (Å²) < 4.78 is 5.49. The predicted octanol–water partition coefficient (Wildman–Crippen LogP) is 3.24. The molecule has 4 heteroatoms. The van der Waals surface area contributed by atoms with Crippen molar-refractivity contribution in [3.8, 4) is 0 Å². The van der Waals surface area contributed by atoms with Crippen LogP contribution in [-0.4, -0.2) is 16.6 Å². The maximum atomic E-state index is 10.2. The molecule has 0 saturated heterocycles. The van der Waals surface area contributed by atoms with Gasteiger partial charge in [-0.05, 0) is 30.9 Å². The smallest absolute Gasteiger partial charge is 0.208 e. The highest BCUT2D eigenvalue weighted by molar-refractivity contribution is 5.26. The first-order valence-corrected chi connectivity index (χ1v) is 7.39. The Hall–Kier alpha value is -1.65. The zero-order valence-electron chi connectivity index (χ0n) is 13.2. The minimum Gasteiger partial charge on any atom is -0.444 e. The highest BCUT2D eigenvalue weighted by Crippen LogP contribution is 2.18. The predicted molar refractivity (Wildman–Crippen MR) is 83.2 cm³/mol. The Morgan fingerprint density at radius 3 is 2.29 bits per heavy atom. The molecular formula is C17H24N2O2. The molecule has 0 aliphatic rings. The van der Waals surface area contributed by atoms with Crippen molar-refractivity contribution in [1.29, 1.82) is 0 Å². The van der Waals surface area contributed by atoms with Crippen molar-refractivity contribution in [3.63, 3.8) is 0 Å². The van der Waals surface area contributed by atoms with E-state index >= 15 is 0 Å². The molecule has 1 heterocycles. The number of hydrogen-bond donors (Lipinski definition) is 2. The van der Waals surface area contributed by atoms with E-state index in [0.717, 1.165) is 17.0 Å². The number of aryl methyl sites for hydroxylation is 2. The van der Waals surface area contributed by atoms with Gasteiger partial charge < -0.3 is 14.8 Å². The van der Waals surface area contributed by atoms with Gasteiger partial charge in [-0.2, -0.15) is 0 Å². The fourth-order valence-electron chi connectivity index (χ4n) is 2.15. The van der Waals surface area contributed by atoms with Crippen LogP contribution in [0.3, 0.4) is 0 Å². The second-order valence-electron chi connectivity index (χ2n) is 5.72. The molecular weight excluding hydrogens is 264 g/mol. The van der Waals surface area contributed by atoms with Crippen molar-refractivity contribution >= 4 is 0 Å². The van der Waals surface area contributed by atoms with E-state index in [1.165, 1.54) is 5.56 Å². The molecule has 2 rings (SSSR count). The average Bonchev–Trinajstić information content (AvgIpc) is 2.77. The monoisotopic (exact) mass is 288 g/mol. The Labute approximate surface area is 126 Å². The first kappa shape index (κ1) is 15.7. The molecule has 21 heavy (non-hydrogen) atoms. The van der Waals surface area contributed by atoms with E-state index in [0.29, 0.717) is 24.9 Å². The Bertz CT molecular complexity index is 553. The van der Waals surface area contributed by atoms with Crippen molar-refractivity contribution in [2.45, 2.75) is 46.3 Å². The number of nitrogens with zero attached hydrogens (tertiary/aromatic N) is 1. The highest BCUT2D eigenvalue weighted by Gasteiger charge is 2.09. The molecule has 0 spiro atoms. The number of nitrogens with one attached hydrogen (secondary N) is 1. The summed E-state index contributed by atoms with van der Waals surface area (Å²) in [5.41, 5.74) is 3.12. The lowest BCUT2D eigenvalue weighted by atomic mass is 10.00. The standard InChI is InChI=1S/C17H24N2O2/c1-11(2)14-5-7-15(8-6-14)16(20)9-18-10-17-19-12(3)13(4)21-17/h5-8,11,16,18,20H,9-10H2,1-4H3. The van der Waals surface area contributed by atoms with Crippen molar-refractivity contribution in [2.75, 3.05) is 6.54 Å². The summed E-state index contributed by atoms with van der Waals surface area (Å²) in [6, 6.07) is 8.12. The molecule has 2 aromatic rings. The van der Waals surface area contributed by atoms with Crippen LogP contribution < -0.4 is 5.32 Å². The third kappa shape index (κ3) is 4.16. The van der Waals surface area contributed by atoms with Gasteiger partial charge in [-0.25, -0.2) is 4.98 Å². The number of rotatable bonds is 6. The molecule has 0 radical (unpaired) electrons. The Kier molecular flexibility index (Phi) is 5.15. The number of aliphatic hydroxyl groups is 1. The lowest BCUT2D eigenvalue weighted by molar-refractivity contribution is 0.173. The number of oxazole rings is 1. The van der Waals surface area contributed by atoms with Crippen molar-refractivity contribution in [3.05, 3.63) is 52.7 Å². The summed E-state index contributed by atoms with van der Waals surface area (Å²) in [4.78, 5) is 4.30. The van der Waals surface area contributed by atoms with E-state index in [4.69, 9.17) is 4.42 Å². The lowest BCUT2D eigenvalue weighted by Gasteiger charge is -2.13. The van der Waals surface area contributed by atoms with Crippen molar-refractivity contribution in [1.82, 2.24) is 10.3 Å². The van der Waals surface area contributed by atoms with Crippen LogP contribution >= 0.6 is 0 Å². The van der Waals surface area contributed by atoms with Gasteiger partial charge in [0.05, 0.1) is 18.3 Å². The zero-order chi connectivity index (χ0) is 15.4. The third-order valence-electron chi connectivity index (χ3n) is 3.67. The molecule has 1 unspecified atom stereocenters. The van der Waals surface area contributed by atoms with Gasteiger partial charge in [0.2, 0.25) is 5.89 Å². The molecule has 0 aliphatic carbocycles. The normalized spacial score (nSPS) is 12.9. The Morgan fingerprint density at radius 2 is 1.76 bits per heavy atom. The molecule has 0 fully saturated rings. The number of aromatic nitrogens is 1. The molecule has 0 amide bonds. The molecule has 4 nitrogen and oxygen atoms in total. The second kappa shape index (κ2) is 6.87. The molecule has 0 aliphatic heterocycles. The van der Waals surface area contributed by atoms with E-state index in [-0.39, 0.29) is 0 Å². The molecule has 1 atom stereocenters. The van der Waals surface area contributed by atoms with Gasteiger partial charge in [0.1, 0.15) is 5.76 Å². The van der Waals surface area contributed by atoms with Crippen LogP contribution in [0.2, 0.25) is 0 Å². The van der Waals surface area contributed by atoms with E-state index in [1.807, 2.05) is 26.0 Å². The topological polar surface area (TPSA) is 58.3 Å². The second-order valence-corrected chi connectivity index (χ2v) is 5.72. The summed E-state index contributed by atoms with van der Waals surface area (Å²) >= 11 is 0. The average molecular weight is 288 g/mol. The Balaban J connectivity index is 1.85. The minimum absolute atomic E-state index is 0.474. The maximum Gasteiger partial charge on any atom is 0.208 e. The number of aliphatic hydroxyl groups excluding tert-OH is 1. The molecule has 1 aromatic heterocycles. The van der Waals surface area contributed by atoms with Crippen LogP contribution in [0.5, 0.6) is 0 Å². The molecule has 114 valence electrons. The van der Waals surface area contributed by atoms with Gasteiger partial charge in [-0.3, -0.25) is 0 Å². The van der Waals surface area contributed by atoms with Gasteiger partial charge in [0.25, 0.3) is 0 Å². The SMILES string of the molecule is Cc1nc(CNCC(O)c2ccc(C(C)C)cc2)oc1C. The highest BCUT2D eigenvalue weighted by atomic mass is 16.4. The van der Waals surface area contributed by atoms with Crippen LogP contribution in [0, 0.1) is 13.8 Å². The van der Waals surface area contributed by atoms with E-state index in [1.54, 1.807) is 0 Å². The largest absolute Gasteiger partial charge is 0.444 e. The fourth-order valence-corrected chi connectivity index (χ4v) is 2.15. The van der Waals surface area contributed by atoms with Gasteiger partial charge in [0.15, 0.2) is 0 Å². The molecule has 0 bridgehead atoms. The zero-order valence-corrected chi connectivity index (χ0v) is 13.2. The first-order chi connectivity index (χ1) is 9.97. The lowest BCUT2D eigenvalue weighted by Crippen LogP contribution is -2.21. The first-order valence-electron chi connectivity index (χ1n) is 7.39. The van der Waals surface area contributed by atoms with Crippen molar-refractivity contribution < 1.29 is 9.52 Å². The van der Waals surface area contributed by atoms with E-state index in [9.17, 15) is 5.11 Å². The quantitative estimate of drug-likeness (QED) is 0.856. The molecule has 1 aromatic carbocycles. The summed E-state index contributed by atoms with van der Waals surface area (Å²) in [5, 5.41) is 13.3. The molecule has 2 N–H and O–H groups in total. The minimum atomic E-state index is -0.525. The van der Waals surface area contributed by atoms with Gasteiger partial charge in [0, 0.05) is 6.54 Å². The Morgan fingerprint density at radius 1 is 1.14 bits per heavy atom. The van der Waals surface area contributed by atoms with Gasteiger partial charge in [-0.1, -0.05) is 38.1 Å². The summed E-state index contributed by atoms with van der Waals surface area (Å²) in [6.45, 7) is 9.14. The van der Waals surface area contributed by atoms with Crippen molar-refractivity contribution in [2.24, 2.45) is 0 Å². The molecule has 0 saturated carbocycles. The summed E-state index contributed by atoms with van der Waals surface area (Å²) in [5.74, 6) is 2.01. The van der Waals surface area contributed by atoms with E-state index in [2.05, 4.69) is 36.3 Å². The van der Waals surface area contributed by atoms with Crippen LogP contribution in [-0.2, 0) is 6.54 Å². The van der Waals surface area contributed by atoms with Crippen LogP contribution in [0.1, 0.15) is 54.3 Å². The number of benzene rings is 1. The number of hydrogen-bond acceptors (Lipinski definition) is 4. The fraction of sp³-hybridized carbons (Fsp3) is 0.471. The van der Waals surface area contributed by atoms with Crippen LogP contribution in [0.25, 0.3) is 0 Å². The van der Waals surface area contributed by atoms with Gasteiger partial charge in [-0.15, -0.1) is 0 Å². The third-order valence-corrected chi connectivity index (χ3v) is 3.67.